The van der Waals surface area contributed by atoms with Gasteiger partial charge in [-0.1, -0.05) is 131 Å². The van der Waals surface area contributed by atoms with Gasteiger partial charge in [0, 0.05) is 49.6 Å². The fourth-order valence-corrected chi connectivity index (χ4v) is 6.89. The van der Waals surface area contributed by atoms with Crippen LogP contribution in [0.5, 0.6) is 5.75 Å². The average molecular weight is 749 g/mol. The number of unbranched alkanes of at least 4 members (excludes halogenated alkanes) is 6. The number of hydrogen-bond donors (Lipinski definition) is 1. The molecule has 3 aromatic carbocycles. The Labute approximate surface area is 271 Å². The standard InChI is InChI=1S/C39H41N2O.Pt/c1-3-5-7-11-23-39(24-12-8-6-4-2)32-19-14-20-36(42)37(32)38-33(39)21-22-34(41-38)29-17-13-18-30(25-29)35-26-28-15-9-10-16-31(28)27-40-35;/h9-10,13-22,26-27,42H,3-8,11-12,23-24H2,1-2H3;/q-1;. The summed E-state index contributed by atoms with van der Waals surface area (Å²) in [5.41, 5.74) is 7.96. The van der Waals surface area contributed by atoms with E-state index in [1.54, 1.807) is 0 Å². The van der Waals surface area contributed by atoms with Crippen molar-refractivity contribution in [3.63, 3.8) is 0 Å². The van der Waals surface area contributed by atoms with Gasteiger partial charge in [-0.2, -0.15) is 0 Å². The molecule has 0 aliphatic heterocycles. The van der Waals surface area contributed by atoms with Crippen LogP contribution < -0.4 is 0 Å². The number of fused-ring (bicyclic) bond motifs is 4. The first kappa shape index (κ1) is 31.1. The number of pyridine rings is 2. The number of benzene rings is 3. The van der Waals surface area contributed by atoms with Crippen LogP contribution in [0.3, 0.4) is 0 Å². The van der Waals surface area contributed by atoms with Crippen molar-refractivity contribution in [2.75, 3.05) is 0 Å². The van der Waals surface area contributed by atoms with Crippen LogP contribution in [0.4, 0.5) is 0 Å². The first-order valence-corrected chi connectivity index (χ1v) is 15.9. The Morgan fingerprint density at radius 2 is 1.35 bits per heavy atom. The van der Waals surface area contributed by atoms with Crippen molar-refractivity contribution < 1.29 is 26.2 Å². The molecule has 2 heterocycles. The Hall–Kier alpha value is -3.29. The number of aromatic nitrogens is 2. The Morgan fingerprint density at radius 1 is 0.674 bits per heavy atom. The van der Waals surface area contributed by atoms with E-state index in [4.69, 9.17) is 9.97 Å². The van der Waals surface area contributed by atoms with E-state index < -0.39 is 0 Å². The second-order valence-corrected chi connectivity index (χ2v) is 11.9. The number of phenolic OH excluding ortho intramolecular Hbond substituents is 1. The minimum Gasteiger partial charge on any atom is -0.507 e. The first-order valence-electron chi connectivity index (χ1n) is 15.9. The summed E-state index contributed by atoms with van der Waals surface area (Å²) in [6, 6.07) is 30.8. The van der Waals surface area contributed by atoms with Crippen LogP contribution in [0.25, 0.3) is 44.5 Å². The predicted molar refractivity (Wildman–Crippen MR) is 175 cm³/mol. The van der Waals surface area contributed by atoms with Crippen LogP contribution in [0.2, 0.25) is 0 Å². The van der Waals surface area contributed by atoms with E-state index in [-0.39, 0.29) is 26.5 Å². The van der Waals surface area contributed by atoms with E-state index >= 15 is 0 Å². The molecule has 0 spiro atoms. The van der Waals surface area contributed by atoms with E-state index in [2.05, 4.69) is 80.6 Å². The van der Waals surface area contributed by atoms with E-state index in [0.717, 1.165) is 52.0 Å². The number of nitrogens with zero attached hydrogens (tertiary/aromatic N) is 2. The van der Waals surface area contributed by atoms with Gasteiger partial charge in [-0.15, -0.1) is 24.3 Å². The van der Waals surface area contributed by atoms with Crippen molar-refractivity contribution in [3.8, 4) is 39.5 Å². The molecule has 3 nitrogen and oxygen atoms in total. The molecule has 1 aliphatic rings. The SMILES string of the molecule is CCCCCCC1(CCCCCC)c2ccc(-c3[c-]c(-c4cc5ccccc5cn4)ccc3)nc2-c2c(O)cccc21.[Pt]. The second-order valence-electron chi connectivity index (χ2n) is 11.9. The summed E-state index contributed by atoms with van der Waals surface area (Å²) in [4.78, 5) is 10.0. The number of hydrogen-bond acceptors (Lipinski definition) is 3. The molecule has 43 heavy (non-hydrogen) atoms. The van der Waals surface area contributed by atoms with Crippen molar-refractivity contribution in [1.29, 1.82) is 0 Å². The molecule has 6 rings (SSSR count). The molecule has 2 aromatic heterocycles. The summed E-state index contributed by atoms with van der Waals surface area (Å²) in [5.74, 6) is 0.334. The van der Waals surface area contributed by atoms with Crippen LogP contribution in [0, 0.1) is 6.07 Å². The fraction of sp³-hybridized carbons (Fsp3) is 0.333. The summed E-state index contributed by atoms with van der Waals surface area (Å²) in [6.45, 7) is 4.54. The van der Waals surface area contributed by atoms with E-state index in [0.29, 0.717) is 5.75 Å². The Morgan fingerprint density at radius 3 is 2.07 bits per heavy atom. The smallest absolute Gasteiger partial charge is 0.125 e. The average Bonchev–Trinajstić information content (AvgIpc) is 3.31. The third kappa shape index (κ3) is 6.20. The van der Waals surface area contributed by atoms with Crippen LogP contribution >= 0.6 is 0 Å². The zero-order chi connectivity index (χ0) is 28.9. The molecular formula is C39H41N2OPt-. The van der Waals surface area contributed by atoms with E-state index in [1.807, 2.05) is 24.4 Å². The summed E-state index contributed by atoms with van der Waals surface area (Å²) in [5, 5.41) is 13.5. The van der Waals surface area contributed by atoms with Crippen LogP contribution in [0.15, 0.2) is 85.1 Å². The topological polar surface area (TPSA) is 46.0 Å². The van der Waals surface area contributed by atoms with Crippen LogP contribution in [-0.4, -0.2) is 15.1 Å². The molecule has 1 N–H and O–H groups in total. The third-order valence-electron chi connectivity index (χ3n) is 9.10. The van der Waals surface area contributed by atoms with E-state index in [1.165, 1.54) is 67.9 Å². The molecule has 0 amide bonds. The zero-order valence-corrected chi connectivity index (χ0v) is 27.6. The van der Waals surface area contributed by atoms with Gasteiger partial charge in [0.15, 0.2) is 0 Å². The quantitative estimate of drug-likeness (QED) is 0.102. The normalized spacial score (nSPS) is 13.0. The van der Waals surface area contributed by atoms with Crippen molar-refractivity contribution in [2.45, 2.75) is 83.5 Å². The number of phenols is 1. The zero-order valence-electron chi connectivity index (χ0n) is 25.3. The van der Waals surface area contributed by atoms with Crippen LogP contribution in [-0.2, 0) is 26.5 Å². The van der Waals surface area contributed by atoms with Crippen LogP contribution in [0.1, 0.15) is 89.2 Å². The molecule has 224 valence electrons. The summed E-state index contributed by atoms with van der Waals surface area (Å²) in [7, 11) is 0. The van der Waals surface area contributed by atoms with Gasteiger partial charge in [0.2, 0.25) is 0 Å². The maximum Gasteiger partial charge on any atom is 0.125 e. The Kier molecular flexibility index (Phi) is 10.1. The molecule has 0 bridgehead atoms. The number of rotatable bonds is 12. The fourth-order valence-electron chi connectivity index (χ4n) is 6.89. The first-order chi connectivity index (χ1) is 20.6. The molecule has 4 heteroatoms. The monoisotopic (exact) mass is 748 g/mol. The third-order valence-corrected chi connectivity index (χ3v) is 9.10. The van der Waals surface area contributed by atoms with Gasteiger partial charge in [0.1, 0.15) is 5.75 Å². The molecule has 1 aliphatic carbocycles. The van der Waals surface area contributed by atoms with Gasteiger partial charge in [-0.25, -0.2) is 0 Å². The molecule has 0 saturated heterocycles. The molecule has 0 unspecified atom stereocenters. The summed E-state index contributed by atoms with van der Waals surface area (Å²) < 4.78 is 0. The Balaban J connectivity index is 0.00000368. The van der Waals surface area contributed by atoms with Gasteiger partial charge in [0.25, 0.3) is 0 Å². The van der Waals surface area contributed by atoms with Crippen molar-refractivity contribution in [3.05, 3.63) is 102 Å². The molecule has 0 fully saturated rings. The van der Waals surface area contributed by atoms with Crippen molar-refractivity contribution in [1.82, 2.24) is 9.97 Å². The minimum absolute atomic E-state index is 0. The number of aromatic hydroxyl groups is 1. The molecular weight excluding hydrogens is 708 g/mol. The molecule has 0 radical (unpaired) electrons. The summed E-state index contributed by atoms with van der Waals surface area (Å²) >= 11 is 0. The largest absolute Gasteiger partial charge is 0.507 e. The Bertz CT molecular complexity index is 1680. The van der Waals surface area contributed by atoms with E-state index in [9.17, 15) is 5.11 Å². The molecule has 5 aromatic rings. The van der Waals surface area contributed by atoms with Gasteiger partial charge in [-0.3, -0.25) is 9.97 Å². The predicted octanol–water partition coefficient (Wildman–Crippen LogP) is 10.7. The van der Waals surface area contributed by atoms with Gasteiger partial charge >= 0.3 is 0 Å². The van der Waals surface area contributed by atoms with Crippen molar-refractivity contribution >= 4 is 10.8 Å². The maximum atomic E-state index is 11.2. The second kappa shape index (κ2) is 14.0. The summed E-state index contributed by atoms with van der Waals surface area (Å²) in [6.07, 6.45) is 14.0. The van der Waals surface area contributed by atoms with Gasteiger partial charge in [-0.05, 0) is 40.8 Å². The maximum absolute atomic E-state index is 11.2. The molecule has 0 atom stereocenters. The minimum atomic E-state index is -0.100. The molecule has 0 saturated carbocycles. The van der Waals surface area contributed by atoms with Gasteiger partial charge < -0.3 is 5.11 Å². The van der Waals surface area contributed by atoms with Gasteiger partial charge in [0.05, 0.1) is 5.69 Å². The van der Waals surface area contributed by atoms with Crippen molar-refractivity contribution in [2.24, 2.45) is 0 Å².